The second-order valence-corrected chi connectivity index (χ2v) is 4.00. The van der Waals surface area contributed by atoms with Gasteiger partial charge in [0, 0.05) is 18.9 Å². The number of hydrogen-bond acceptors (Lipinski definition) is 3. The Morgan fingerprint density at radius 3 is 2.88 bits per heavy atom. The van der Waals surface area contributed by atoms with Crippen LogP contribution in [0.1, 0.15) is 10.4 Å². The van der Waals surface area contributed by atoms with Crippen LogP contribution in [0.25, 0.3) is 0 Å². The molecule has 0 spiro atoms. The molecule has 2 aromatic rings. The molecule has 0 bridgehead atoms. The Labute approximate surface area is 103 Å². The molecule has 0 unspecified atom stereocenters. The number of anilines is 2. The lowest BCUT2D eigenvalue weighted by Crippen LogP contribution is -2.11. The number of benzene rings is 1. The zero-order chi connectivity index (χ0) is 12.4. The van der Waals surface area contributed by atoms with Crippen molar-refractivity contribution in [3.63, 3.8) is 0 Å². The minimum atomic E-state index is -0.237. The van der Waals surface area contributed by atoms with E-state index in [0.717, 1.165) is 0 Å². The molecule has 5 nitrogen and oxygen atoms in total. The van der Waals surface area contributed by atoms with Crippen LogP contribution in [0.3, 0.4) is 0 Å². The van der Waals surface area contributed by atoms with Crippen LogP contribution >= 0.6 is 11.6 Å². The van der Waals surface area contributed by atoms with Crippen molar-refractivity contribution < 1.29 is 4.79 Å². The van der Waals surface area contributed by atoms with Gasteiger partial charge >= 0.3 is 0 Å². The number of nitrogens with one attached hydrogen (secondary N) is 1. The van der Waals surface area contributed by atoms with Gasteiger partial charge in [0.25, 0.3) is 5.91 Å². The minimum Gasteiger partial charge on any atom is -0.398 e. The smallest absolute Gasteiger partial charge is 0.258 e. The zero-order valence-corrected chi connectivity index (χ0v) is 9.90. The molecule has 1 aromatic carbocycles. The molecular weight excluding hydrogens is 240 g/mol. The normalized spacial score (nSPS) is 10.2. The number of hydrogen-bond donors (Lipinski definition) is 2. The predicted octanol–water partition coefficient (Wildman–Crippen LogP) is 1.91. The molecule has 0 aliphatic carbocycles. The van der Waals surface area contributed by atoms with Gasteiger partial charge in [-0.25, -0.2) is 0 Å². The molecule has 0 fully saturated rings. The molecule has 1 amide bonds. The molecule has 17 heavy (non-hydrogen) atoms. The van der Waals surface area contributed by atoms with Gasteiger partial charge in [0.2, 0.25) is 0 Å². The number of amides is 1. The van der Waals surface area contributed by atoms with E-state index in [1.807, 2.05) is 0 Å². The standard InChI is InChI=1S/C11H11ClN4O/c1-16-6-7(5-14-16)11(17)15-8-2-3-10(13)9(12)4-8/h2-6H,13H2,1H3,(H,15,17). The molecule has 0 saturated carbocycles. The van der Waals surface area contributed by atoms with Gasteiger partial charge in [-0.15, -0.1) is 0 Å². The number of nitrogens with zero attached hydrogens (tertiary/aromatic N) is 2. The van der Waals surface area contributed by atoms with E-state index in [4.69, 9.17) is 17.3 Å². The first-order valence-electron chi connectivity index (χ1n) is 4.91. The Hall–Kier alpha value is -2.01. The molecule has 1 heterocycles. The quantitative estimate of drug-likeness (QED) is 0.800. The molecule has 0 radical (unpaired) electrons. The van der Waals surface area contributed by atoms with E-state index in [1.165, 1.54) is 6.20 Å². The molecule has 0 aliphatic rings. The second-order valence-electron chi connectivity index (χ2n) is 3.59. The van der Waals surface area contributed by atoms with Crippen molar-refractivity contribution in [1.82, 2.24) is 9.78 Å². The van der Waals surface area contributed by atoms with Gasteiger partial charge in [0.15, 0.2) is 0 Å². The van der Waals surface area contributed by atoms with Crippen molar-refractivity contribution in [3.05, 3.63) is 41.2 Å². The van der Waals surface area contributed by atoms with E-state index >= 15 is 0 Å². The van der Waals surface area contributed by atoms with Crippen LogP contribution in [0.5, 0.6) is 0 Å². The fraction of sp³-hybridized carbons (Fsp3) is 0.0909. The number of halogens is 1. The molecule has 1 aromatic heterocycles. The third kappa shape index (κ3) is 2.57. The third-order valence-electron chi connectivity index (χ3n) is 2.23. The SMILES string of the molecule is Cn1cc(C(=O)Nc2ccc(N)c(Cl)c2)cn1. The van der Waals surface area contributed by atoms with Crippen LogP contribution in [0.4, 0.5) is 11.4 Å². The summed E-state index contributed by atoms with van der Waals surface area (Å²) in [6.45, 7) is 0. The van der Waals surface area contributed by atoms with Crippen LogP contribution in [0.15, 0.2) is 30.6 Å². The summed E-state index contributed by atoms with van der Waals surface area (Å²) in [5.41, 5.74) is 7.14. The maximum Gasteiger partial charge on any atom is 0.258 e. The number of aryl methyl sites for hydroxylation is 1. The second kappa shape index (κ2) is 4.47. The lowest BCUT2D eigenvalue weighted by molar-refractivity contribution is 0.102. The van der Waals surface area contributed by atoms with Crippen molar-refractivity contribution in [1.29, 1.82) is 0 Å². The van der Waals surface area contributed by atoms with Crippen LogP contribution < -0.4 is 11.1 Å². The lowest BCUT2D eigenvalue weighted by atomic mass is 10.2. The van der Waals surface area contributed by atoms with Crippen molar-refractivity contribution in [2.75, 3.05) is 11.1 Å². The minimum absolute atomic E-state index is 0.237. The average molecular weight is 251 g/mol. The van der Waals surface area contributed by atoms with Gasteiger partial charge in [-0.05, 0) is 18.2 Å². The number of carbonyl (C=O) groups is 1. The van der Waals surface area contributed by atoms with Crippen LogP contribution in [0.2, 0.25) is 5.02 Å². The van der Waals surface area contributed by atoms with E-state index in [2.05, 4.69) is 10.4 Å². The highest BCUT2D eigenvalue weighted by Crippen LogP contribution is 2.22. The summed E-state index contributed by atoms with van der Waals surface area (Å²) in [7, 11) is 1.75. The van der Waals surface area contributed by atoms with Crippen LogP contribution in [0, 0.1) is 0 Å². The summed E-state index contributed by atoms with van der Waals surface area (Å²) in [6.07, 6.45) is 3.13. The highest BCUT2D eigenvalue weighted by atomic mass is 35.5. The fourth-order valence-electron chi connectivity index (χ4n) is 1.35. The van der Waals surface area contributed by atoms with E-state index in [9.17, 15) is 4.79 Å². The highest BCUT2D eigenvalue weighted by Gasteiger charge is 2.08. The summed E-state index contributed by atoms with van der Waals surface area (Å²) in [5.74, 6) is -0.237. The van der Waals surface area contributed by atoms with Gasteiger partial charge in [-0.2, -0.15) is 5.10 Å². The summed E-state index contributed by atoms with van der Waals surface area (Å²) in [4.78, 5) is 11.8. The molecule has 6 heteroatoms. The monoisotopic (exact) mass is 250 g/mol. The summed E-state index contributed by atoms with van der Waals surface area (Å²) >= 11 is 5.85. The fourth-order valence-corrected chi connectivity index (χ4v) is 1.53. The molecule has 88 valence electrons. The van der Waals surface area contributed by atoms with E-state index in [0.29, 0.717) is 22.0 Å². The largest absolute Gasteiger partial charge is 0.398 e. The first-order chi connectivity index (χ1) is 8.06. The number of nitrogens with two attached hydrogens (primary N) is 1. The Morgan fingerprint density at radius 1 is 1.53 bits per heavy atom. The molecule has 0 saturated heterocycles. The maximum absolute atomic E-state index is 11.8. The Bertz CT molecular complexity index is 564. The van der Waals surface area contributed by atoms with Gasteiger partial charge in [-0.3, -0.25) is 9.48 Å². The number of carbonyl (C=O) groups excluding carboxylic acids is 1. The molecule has 2 rings (SSSR count). The Balaban J connectivity index is 2.15. The van der Waals surface area contributed by atoms with Gasteiger partial charge in [-0.1, -0.05) is 11.6 Å². The van der Waals surface area contributed by atoms with Crippen molar-refractivity contribution >= 4 is 28.9 Å². The van der Waals surface area contributed by atoms with Crippen molar-refractivity contribution in [2.45, 2.75) is 0 Å². The topological polar surface area (TPSA) is 72.9 Å². The highest BCUT2D eigenvalue weighted by molar-refractivity contribution is 6.33. The summed E-state index contributed by atoms with van der Waals surface area (Å²) in [6, 6.07) is 4.93. The molecule has 3 N–H and O–H groups in total. The van der Waals surface area contributed by atoms with Gasteiger partial charge in [0.1, 0.15) is 0 Å². The Kier molecular flexibility index (Phi) is 3.01. The van der Waals surface area contributed by atoms with Crippen LogP contribution in [-0.4, -0.2) is 15.7 Å². The number of aromatic nitrogens is 2. The van der Waals surface area contributed by atoms with E-state index in [1.54, 1.807) is 36.1 Å². The third-order valence-corrected chi connectivity index (χ3v) is 2.55. The zero-order valence-electron chi connectivity index (χ0n) is 9.14. The first-order valence-corrected chi connectivity index (χ1v) is 5.29. The average Bonchev–Trinajstić information content (AvgIpc) is 2.70. The number of nitrogen functional groups attached to an aromatic ring is 1. The predicted molar refractivity (Wildman–Crippen MR) is 67.0 cm³/mol. The van der Waals surface area contributed by atoms with Gasteiger partial charge < -0.3 is 11.1 Å². The molecular formula is C11H11ClN4O. The van der Waals surface area contributed by atoms with Gasteiger partial charge in [0.05, 0.1) is 22.5 Å². The maximum atomic E-state index is 11.8. The van der Waals surface area contributed by atoms with Crippen LogP contribution in [-0.2, 0) is 7.05 Å². The lowest BCUT2D eigenvalue weighted by Gasteiger charge is -2.05. The summed E-state index contributed by atoms with van der Waals surface area (Å²) in [5, 5.41) is 7.04. The first kappa shape index (κ1) is 11.5. The molecule has 0 aliphatic heterocycles. The van der Waals surface area contributed by atoms with E-state index < -0.39 is 0 Å². The van der Waals surface area contributed by atoms with E-state index in [-0.39, 0.29) is 5.91 Å². The van der Waals surface area contributed by atoms with Crippen molar-refractivity contribution in [3.8, 4) is 0 Å². The van der Waals surface area contributed by atoms with Crippen molar-refractivity contribution in [2.24, 2.45) is 7.05 Å². The number of rotatable bonds is 2. The molecule has 0 atom stereocenters. The summed E-state index contributed by atoms with van der Waals surface area (Å²) < 4.78 is 1.56. The Morgan fingerprint density at radius 2 is 2.29 bits per heavy atom.